The van der Waals surface area contributed by atoms with Crippen molar-refractivity contribution in [2.75, 3.05) is 7.11 Å². The highest BCUT2D eigenvalue weighted by Crippen LogP contribution is 2.19. The summed E-state index contributed by atoms with van der Waals surface area (Å²) in [6.45, 7) is 2.17. The van der Waals surface area contributed by atoms with E-state index in [0.717, 1.165) is 51.4 Å². The molecular weight excluding hydrogens is 328 g/mol. The molecule has 3 unspecified atom stereocenters. The van der Waals surface area contributed by atoms with E-state index in [1.54, 1.807) is 0 Å². The number of ether oxygens (including phenoxy) is 1. The van der Waals surface area contributed by atoms with E-state index in [-0.39, 0.29) is 11.3 Å². The minimum Gasteiger partial charge on any atom is -0.469 e. The van der Waals surface area contributed by atoms with Gasteiger partial charge < -0.3 is 14.9 Å². The van der Waals surface area contributed by atoms with Crippen LogP contribution in [0.2, 0.25) is 0 Å². The molecule has 0 heterocycles. The molecule has 0 rings (SSSR count). The average Bonchev–Trinajstić information content (AvgIpc) is 2.57. The fourth-order valence-electron chi connectivity index (χ4n) is 2.78. The third kappa shape index (κ3) is 14.1. The zero-order valence-corrected chi connectivity index (χ0v) is 16.3. The van der Waals surface area contributed by atoms with Gasteiger partial charge in [-0.2, -0.15) is 0 Å². The second-order valence-electron chi connectivity index (χ2n) is 6.70. The second-order valence-corrected chi connectivity index (χ2v) is 7.27. The van der Waals surface area contributed by atoms with Crippen LogP contribution in [0.15, 0.2) is 0 Å². The maximum Gasteiger partial charge on any atom is 0.305 e. The van der Waals surface area contributed by atoms with Gasteiger partial charge in [-0.25, -0.2) is 0 Å². The lowest BCUT2D eigenvalue weighted by Gasteiger charge is -2.20. The van der Waals surface area contributed by atoms with Crippen LogP contribution < -0.4 is 0 Å². The lowest BCUT2D eigenvalue weighted by molar-refractivity contribution is -0.140. The molecule has 0 aliphatic rings. The molecule has 0 aliphatic heterocycles. The standard InChI is InChI=1S/C19H37ClO4/c1-3-4-5-9-12-16(21)15-17(20)18(22)13-10-7-6-8-11-14-19(23)24-2/h16-18,21-22H,3-15H2,1-2H3. The van der Waals surface area contributed by atoms with Crippen LogP contribution in [0, 0.1) is 0 Å². The Kier molecular flexibility index (Phi) is 15.9. The van der Waals surface area contributed by atoms with E-state index in [4.69, 9.17) is 11.6 Å². The monoisotopic (exact) mass is 364 g/mol. The van der Waals surface area contributed by atoms with Gasteiger partial charge in [-0.05, 0) is 25.7 Å². The van der Waals surface area contributed by atoms with Gasteiger partial charge in [0.25, 0.3) is 0 Å². The summed E-state index contributed by atoms with van der Waals surface area (Å²) < 4.78 is 4.60. The minimum absolute atomic E-state index is 0.149. The van der Waals surface area contributed by atoms with Gasteiger partial charge in [0.05, 0.1) is 24.7 Å². The van der Waals surface area contributed by atoms with E-state index >= 15 is 0 Å². The Balaban J connectivity index is 3.57. The van der Waals surface area contributed by atoms with Crippen molar-refractivity contribution in [1.82, 2.24) is 0 Å². The number of aliphatic hydroxyl groups excluding tert-OH is 2. The molecular formula is C19H37ClO4. The number of rotatable bonds is 16. The van der Waals surface area contributed by atoms with E-state index in [0.29, 0.717) is 19.3 Å². The largest absolute Gasteiger partial charge is 0.469 e. The lowest BCUT2D eigenvalue weighted by atomic mass is 10.00. The van der Waals surface area contributed by atoms with Gasteiger partial charge in [-0.1, -0.05) is 58.3 Å². The normalized spacial score (nSPS) is 15.0. The molecule has 0 fully saturated rings. The Hall–Kier alpha value is -0.320. The Morgan fingerprint density at radius 3 is 2.21 bits per heavy atom. The molecule has 144 valence electrons. The predicted molar refractivity (Wildman–Crippen MR) is 99.4 cm³/mol. The number of alkyl halides is 1. The number of unbranched alkanes of at least 4 members (excludes halogenated alkanes) is 7. The van der Waals surface area contributed by atoms with Crippen molar-refractivity contribution < 1.29 is 19.7 Å². The summed E-state index contributed by atoms with van der Waals surface area (Å²) in [5, 5.41) is 19.7. The zero-order chi connectivity index (χ0) is 18.2. The third-order valence-corrected chi connectivity index (χ3v) is 4.88. The van der Waals surface area contributed by atoms with E-state index in [1.807, 2.05) is 0 Å². The maximum atomic E-state index is 11.0. The zero-order valence-electron chi connectivity index (χ0n) is 15.5. The first kappa shape index (κ1) is 23.7. The Morgan fingerprint density at radius 2 is 1.54 bits per heavy atom. The summed E-state index contributed by atoms with van der Waals surface area (Å²) in [5.74, 6) is -0.149. The number of esters is 1. The molecule has 0 amide bonds. The maximum absolute atomic E-state index is 11.0. The van der Waals surface area contributed by atoms with Crippen molar-refractivity contribution in [3.05, 3.63) is 0 Å². The third-order valence-electron chi connectivity index (χ3n) is 4.41. The molecule has 0 aromatic heterocycles. The van der Waals surface area contributed by atoms with Crippen LogP contribution in [0.1, 0.15) is 90.4 Å². The van der Waals surface area contributed by atoms with Crippen LogP contribution in [0.5, 0.6) is 0 Å². The van der Waals surface area contributed by atoms with Crippen LogP contribution >= 0.6 is 11.6 Å². The summed E-state index contributed by atoms with van der Waals surface area (Å²) >= 11 is 6.22. The minimum atomic E-state index is -0.549. The summed E-state index contributed by atoms with van der Waals surface area (Å²) in [6.07, 6.45) is 10.9. The van der Waals surface area contributed by atoms with E-state index in [9.17, 15) is 15.0 Å². The number of methoxy groups -OCH3 is 1. The highest BCUT2D eigenvalue weighted by atomic mass is 35.5. The van der Waals surface area contributed by atoms with Crippen molar-refractivity contribution in [2.45, 2.75) is 108 Å². The number of aliphatic hydroxyl groups is 2. The van der Waals surface area contributed by atoms with Crippen LogP contribution in [0.4, 0.5) is 0 Å². The van der Waals surface area contributed by atoms with E-state index in [2.05, 4.69) is 11.7 Å². The molecule has 0 bridgehead atoms. The SMILES string of the molecule is CCCCCCC(O)CC(Cl)C(O)CCCCCCCC(=O)OC. The van der Waals surface area contributed by atoms with Gasteiger partial charge >= 0.3 is 5.97 Å². The lowest BCUT2D eigenvalue weighted by Crippen LogP contribution is -2.25. The summed E-state index contributed by atoms with van der Waals surface area (Å²) in [7, 11) is 1.41. The fourth-order valence-corrected chi connectivity index (χ4v) is 3.11. The van der Waals surface area contributed by atoms with E-state index < -0.39 is 12.2 Å². The molecule has 0 aliphatic carbocycles. The van der Waals surface area contributed by atoms with Crippen molar-refractivity contribution >= 4 is 17.6 Å². The Morgan fingerprint density at radius 1 is 0.958 bits per heavy atom. The topological polar surface area (TPSA) is 66.8 Å². The summed E-state index contributed by atoms with van der Waals surface area (Å²) in [6, 6.07) is 0. The quantitative estimate of drug-likeness (QED) is 0.239. The summed E-state index contributed by atoms with van der Waals surface area (Å²) in [5.41, 5.74) is 0. The average molecular weight is 365 g/mol. The van der Waals surface area contributed by atoms with Crippen molar-refractivity contribution in [1.29, 1.82) is 0 Å². The van der Waals surface area contributed by atoms with Crippen molar-refractivity contribution in [3.63, 3.8) is 0 Å². The highest BCUT2D eigenvalue weighted by Gasteiger charge is 2.19. The first-order valence-corrected chi connectivity index (χ1v) is 10.0. The number of carbonyl (C=O) groups excluding carboxylic acids is 1. The van der Waals surface area contributed by atoms with Crippen LogP contribution in [-0.2, 0) is 9.53 Å². The van der Waals surface area contributed by atoms with Gasteiger partial charge in [-0.15, -0.1) is 11.6 Å². The van der Waals surface area contributed by atoms with Gasteiger partial charge in [0.1, 0.15) is 0 Å². The number of hydrogen-bond donors (Lipinski definition) is 2. The van der Waals surface area contributed by atoms with Gasteiger partial charge in [0.2, 0.25) is 0 Å². The molecule has 0 aromatic carbocycles. The molecule has 0 radical (unpaired) electrons. The molecule has 0 saturated heterocycles. The highest BCUT2D eigenvalue weighted by molar-refractivity contribution is 6.21. The predicted octanol–water partition coefficient (Wildman–Crippen LogP) is 4.58. The van der Waals surface area contributed by atoms with Crippen LogP contribution in [0.25, 0.3) is 0 Å². The molecule has 24 heavy (non-hydrogen) atoms. The molecule has 0 saturated carbocycles. The molecule has 4 nitrogen and oxygen atoms in total. The molecule has 0 aromatic rings. The van der Waals surface area contributed by atoms with Crippen LogP contribution in [-0.4, -0.2) is 40.9 Å². The number of carbonyl (C=O) groups is 1. The number of halogens is 1. The first-order chi connectivity index (χ1) is 11.5. The molecule has 2 N–H and O–H groups in total. The van der Waals surface area contributed by atoms with E-state index in [1.165, 1.54) is 20.0 Å². The molecule has 3 atom stereocenters. The van der Waals surface area contributed by atoms with Gasteiger partial charge in [0, 0.05) is 6.42 Å². The van der Waals surface area contributed by atoms with Gasteiger partial charge in [0.15, 0.2) is 0 Å². The van der Waals surface area contributed by atoms with Crippen LogP contribution in [0.3, 0.4) is 0 Å². The Labute approximate surface area is 152 Å². The second kappa shape index (κ2) is 16.2. The summed E-state index contributed by atoms with van der Waals surface area (Å²) in [4.78, 5) is 11.0. The number of hydrogen-bond acceptors (Lipinski definition) is 4. The van der Waals surface area contributed by atoms with Crippen molar-refractivity contribution in [2.24, 2.45) is 0 Å². The van der Waals surface area contributed by atoms with Gasteiger partial charge in [-0.3, -0.25) is 4.79 Å². The fraction of sp³-hybridized carbons (Fsp3) is 0.947. The molecule has 5 heteroatoms. The smallest absolute Gasteiger partial charge is 0.305 e. The Bertz CT molecular complexity index is 299. The first-order valence-electron chi connectivity index (χ1n) is 9.58. The van der Waals surface area contributed by atoms with Crippen molar-refractivity contribution in [3.8, 4) is 0 Å². The molecule has 0 spiro atoms.